The molecule has 2 fully saturated rings. The number of piperazine rings is 1. The topological polar surface area (TPSA) is 15.3 Å². The summed E-state index contributed by atoms with van der Waals surface area (Å²) in [6.45, 7) is 4.19. The summed E-state index contributed by atoms with van der Waals surface area (Å²) in [6.07, 6.45) is 3.87. The molecule has 1 aromatic rings. The first-order valence-electron chi connectivity index (χ1n) is 7.16. The molecule has 1 aromatic carbocycles. The van der Waals surface area contributed by atoms with Gasteiger partial charge in [0.2, 0.25) is 0 Å². The Hall–Kier alpha value is 0.130. The van der Waals surface area contributed by atoms with Crippen molar-refractivity contribution in [2.75, 3.05) is 26.2 Å². The summed E-state index contributed by atoms with van der Waals surface area (Å²) in [5.74, 6) is 0.549. The monoisotopic (exact) mass is 398 g/mol. The van der Waals surface area contributed by atoms with Gasteiger partial charge in [-0.3, -0.25) is 4.90 Å². The van der Waals surface area contributed by atoms with Gasteiger partial charge in [0.1, 0.15) is 5.82 Å². The fraction of sp³-hybridized carbons (Fsp3) is 0.600. The second-order valence-electron chi connectivity index (χ2n) is 5.56. The van der Waals surface area contributed by atoms with Crippen molar-refractivity contribution in [3.8, 4) is 0 Å². The predicted molar refractivity (Wildman–Crippen MR) is 93.1 cm³/mol. The maximum Gasteiger partial charge on any atom is 0.137 e. The molecule has 1 saturated heterocycles. The van der Waals surface area contributed by atoms with Gasteiger partial charge in [-0.15, -0.1) is 24.8 Å². The molecule has 0 amide bonds. The van der Waals surface area contributed by atoms with Crippen LogP contribution in [0.15, 0.2) is 22.7 Å². The van der Waals surface area contributed by atoms with Crippen LogP contribution in [0.3, 0.4) is 0 Å². The summed E-state index contributed by atoms with van der Waals surface area (Å²) < 4.78 is 14.5. The van der Waals surface area contributed by atoms with Crippen molar-refractivity contribution in [2.45, 2.75) is 25.3 Å². The smallest absolute Gasteiger partial charge is 0.137 e. The Balaban J connectivity index is 0.00000110. The maximum atomic E-state index is 13.8. The Morgan fingerprint density at radius 3 is 2.43 bits per heavy atom. The first-order chi connectivity index (χ1) is 9.27. The van der Waals surface area contributed by atoms with Gasteiger partial charge >= 0.3 is 0 Å². The fourth-order valence-electron chi connectivity index (χ4n) is 3.21. The van der Waals surface area contributed by atoms with E-state index < -0.39 is 0 Å². The zero-order chi connectivity index (χ0) is 13.2. The molecule has 1 heterocycles. The van der Waals surface area contributed by atoms with Crippen LogP contribution in [0.5, 0.6) is 0 Å². The van der Waals surface area contributed by atoms with Gasteiger partial charge in [-0.2, -0.15) is 0 Å². The minimum Gasteiger partial charge on any atom is -0.314 e. The van der Waals surface area contributed by atoms with E-state index in [0.717, 1.165) is 31.7 Å². The normalized spacial score (nSPS) is 20.9. The Bertz CT molecular complexity index is 451. The van der Waals surface area contributed by atoms with Crippen LogP contribution in [-0.2, 0) is 0 Å². The minimum atomic E-state index is -0.142. The van der Waals surface area contributed by atoms with Gasteiger partial charge in [0, 0.05) is 32.2 Å². The van der Waals surface area contributed by atoms with Crippen LogP contribution < -0.4 is 5.32 Å². The van der Waals surface area contributed by atoms with Crippen LogP contribution >= 0.6 is 40.7 Å². The summed E-state index contributed by atoms with van der Waals surface area (Å²) in [6, 6.07) is 5.82. The van der Waals surface area contributed by atoms with Crippen LogP contribution in [-0.4, -0.2) is 31.1 Å². The standard InChI is InChI=1S/C15H20BrFN2.2ClH/c16-14-12(5-2-6-13(14)17)15(11-3-1-4-11)19-9-7-18-8-10-19;;/h2,5-6,11,15,18H,1,3-4,7-10H2;2*1H/t15-;;/m1../s1. The average molecular weight is 400 g/mol. The number of halogens is 4. The lowest BCUT2D eigenvalue weighted by molar-refractivity contribution is 0.0830. The van der Waals surface area contributed by atoms with Crippen molar-refractivity contribution >= 4 is 40.7 Å². The van der Waals surface area contributed by atoms with Crippen molar-refractivity contribution < 1.29 is 4.39 Å². The maximum absolute atomic E-state index is 13.8. The molecule has 1 N–H and O–H groups in total. The van der Waals surface area contributed by atoms with Crippen LogP contribution in [0.1, 0.15) is 30.9 Å². The highest BCUT2D eigenvalue weighted by atomic mass is 79.9. The lowest BCUT2D eigenvalue weighted by Gasteiger charge is -2.43. The third-order valence-corrected chi connectivity index (χ3v) is 5.28. The molecule has 0 radical (unpaired) electrons. The Morgan fingerprint density at radius 2 is 1.86 bits per heavy atom. The SMILES string of the molecule is Cl.Cl.Fc1cccc([C@@H](C2CCC2)N2CCNCC2)c1Br. The van der Waals surface area contributed by atoms with Gasteiger partial charge in [0.15, 0.2) is 0 Å². The van der Waals surface area contributed by atoms with Gasteiger partial charge in [0.25, 0.3) is 0 Å². The first-order valence-corrected chi connectivity index (χ1v) is 7.95. The third-order valence-electron chi connectivity index (χ3n) is 4.44. The zero-order valence-electron chi connectivity index (χ0n) is 11.9. The predicted octanol–water partition coefficient (Wildman–Crippen LogP) is 4.18. The molecule has 0 spiro atoms. The van der Waals surface area contributed by atoms with Gasteiger partial charge in [-0.05, 0) is 46.3 Å². The van der Waals surface area contributed by atoms with Gasteiger partial charge in [0.05, 0.1) is 4.47 Å². The molecule has 1 aliphatic heterocycles. The van der Waals surface area contributed by atoms with Crippen molar-refractivity contribution in [2.24, 2.45) is 5.92 Å². The highest BCUT2D eigenvalue weighted by molar-refractivity contribution is 9.10. The van der Waals surface area contributed by atoms with E-state index in [0.29, 0.717) is 16.4 Å². The average Bonchev–Trinajstić information content (AvgIpc) is 2.38. The van der Waals surface area contributed by atoms with Gasteiger partial charge < -0.3 is 5.32 Å². The Morgan fingerprint density at radius 1 is 1.19 bits per heavy atom. The van der Waals surface area contributed by atoms with Gasteiger partial charge in [-0.25, -0.2) is 4.39 Å². The molecule has 0 bridgehead atoms. The number of nitrogens with zero attached hydrogens (tertiary/aromatic N) is 1. The molecule has 6 heteroatoms. The van der Waals surface area contributed by atoms with Crippen LogP contribution in [0.2, 0.25) is 0 Å². The lowest BCUT2D eigenvalue weighted by atomic mass is 9.76. The summed E-state index contributed by atoms with van der Waals surface area (Å²) in [5, 5.41) is 3.39. The molecule has 2 aliphatic rings. The van der Waals surface area contributed by atoms with Crippen molar-refractivity contribution in [1.82, 2.24) is 10.2 Å². The van der Waals surface area contributed by atoms with Crippen LogP contribution in [0, 0.1) is 11.7 Å². The van der Waals surface area contributed by atoms with E-state index in [1.54, 1.807) is 0 Å². The summed E-state index contributed by atoms with van der Waals surface area (Å²) in [7, 11) is 0. The lowest BCUT2D eigenvalue weighted by Crippen LogP contribution is -2.48. The molecule has 3 rings (SSSR count). The summed E-state index contributed by atoms with van der Waals surface area (Å²) >= 11 is 3.45. The van der Waals surface area contributed by atoms with E-state index in [4.69, 9.17) is 0 Å². The van der Waals surface area contributed by atoms with E-state index >= 15 is 0 Å². The second-order valence-corrected chi connectivity index (χ2v) is 6.36. The van der Waals surface area contributed by atoms with Crippen molar-refractivity contribution in [3.05, 3.63) is 34.1 Å². The number of rotatable bonds is 3. The van der Waals surface area contributed by atoms with E-state index in [9.17, 15) is 4.39 Å². The number of benzene rings is 1. The third kappa shape index (κ3) is 4.11. The second kappa shape index (κ2) is 8.68. The molecule has 2 nitrogen and oxygen atoms in total. The van der Waals surface area contributed by atoms with Crippen molar-refractivity contribution in [3.63, 3.8) is 0 Å². The van der Waals surface area contributed by atoms with E-state index in [-0.39, 0.29) is 30.6 Å². The number of hydrogen-bond donors (Lipinski definition) is 1. The molecule has 1 atom stereocenters. The fourth-order valence-corrected chi connectivity index (χ4v) is 3.71. The zero-order valence-corrected chi connectivity index (χ0v) is 15.1. The first kappa shape index (κ1) is 19.2. The molecule has 120 valence electrons. The summed E-state index contributed by atoms with van der Waals surface area (Å²) in [5.41, 5.74) is 1.13. The summed E-state index contributed by atoms with van der Waals surface area (Å²) in [4.78, 5) is 2.53. The van der Waals surface area contributed by atoms with Crippen LogP contribution in [0.25, 0.3) is 0 Å². The molecular formula is C15H22BrCl2FN2. The molecule has 1 saturated carbocycles. The highest BCUT2D eigenvalue weighted by Crippen LogP contribution is 2.43. The Kier molecular flexibility index (Phi) is 7.93. The largest absolute Gasteiger partial charge is 0.314 e. The molecule has 1 aliphatic carbocycles. The number of hydrogen-bond acceptors (Lipinski definition) is 2. The molecular weight excluding hydrogens is 378 g/mol. The van der Waals surface area contributed by atoms with E-state index in [1.165, 1.54) is 25.3 Å². The minimum absolute atomic E-state index is 0. The highest BCUT2D eigenvalue weighted by Gasteiger charge is 2.34. The quantitative estimate of drug-likeness (QED) is 0.820. The molecule has 21 heavy (non-hydrogen) atoms. The number of nitrogens with one attached hydrogen (secondary N) is 1. The van der Waals surface area contributed by atoms with E-state index in [1.807, 2.05) is 6.07 Å². The molecule has 0 aromatic heterocycles. The molecule has 0 unspecified atom stereocenters. The Labute approximate surface area is 146 Å². The van der Waals surface area contributed by atoms with E-state index in [2.05, 4.69) is 32.2 Å². The van der Waals surface area contributed by atoms with Gasteiger partial charge in [-0.1, -0.05) is 18.6 Å². The van der Waals surface area contributed by atoms with Crippen molar-refractivity contribution in [1.29, 1.82) is 0 Å². The van der Waals surface area contributed by atoms with Crippen LogP contribution in [0.4, 0.5) is 4.39 Å².